The predicted molar refractivity (Wildman–Crippen MR) is 121 cm³/mol. The number of hydrogen-bond donors (Lipinski definition) is 4. The van der Waals surface area contributed by atoms with Crippen LogP contribution in [0.1, 0.15) is 26.3 Å². The Hall–Kier alpha value is -4.09. The lowest BCUT2D eigenvalue weighted by molar-refractivity contribution is -0.137. The van der Waals surface area contributed by atoms with Gasteiger partial charge in [-0.15, -0.1) is 0 Å². The molecular weight excluding hydrogens is 456 g/mol. The molecule has 0 saturated heterocycles. The largest absolute Gasteiger partial charge is 0.444 e. The molecule has 0 saturated carbocycles. The van der Waals surface area contributed by atoms with Crippen molar-refractivity contribution in [1.29, 1.82) is 0 Å². The van der Waals surface area contributed by atoms with Gasteiger partial charge in [-0.2, -0.15) is 23.1 Å². The topological polar surface area (TPSA) is 114 Å². The zero-order valence-corrected chi connectivity index (χ0v) is 18.4. The van der Waals surface area contributed by atoms with Crippen molar-refractivity contribution in [3.63, 3.8) is 0 Å². The van der Waals surface area contributed by atoms with Crippen LogP contribution in [0.4, 0.5) is 57.0 Å². The summed E-state index contributed by atoms with van der Waals surface area (Å²) in [4.78, 5) is 20.6. The molecule has 1 amide bonds. The fourth-order valence-corrected chi connectivity index (χ4v) is 2.69. The highest BCUT2D eigenvalue weighted by Gasteiger charge is 2.30. The smallest absolute Gasteiger partial charge is 0.416 e. The predicted octanol–water partition coefficient (Wildman–Crippen LogP) is 6.05. The van der Waals surface area contributed by atoms with E-state index in [2.05, 4.69) is 25.9 Å². The van der Waals surface area contributed by atoms with E-state index < -0.39 is 29.3 Å². The van der Waals surface area contributed by atoms with E-state index in [-0.39, 0.29) is 34.6 Å². The van der Waals surface area contributed by atoms with Crippen molar-refractivity contribution < 1.29 is 27.1 Å². The number of halogens is 4. The van der Waals surface area contributed by atoms with E-state index in [9.17, 15) is 22.4 Å². The second kappa shape index (κ2) is 9.41. The fourth-order valence-electron chi connectivity index (χ4n) is 2.69. The van der Waals surface area contributed by atoms with Crippen LogP contribution in [0, 0.1) is 5.82 Å². The SMILES string of the molecule is CC(C)(C)OC(=O)Nc1cc(Nc2cc(F)ccc2N)nc(Nc2ccc(C(F)(F)F)cc2)n1. The number of nitrogen functional groups attached to an aromatic ring is 1. The van der Waals surface area contributed by atoms with E-state index in [4.69, 9.17) is 10.5 Å². The van der Waals surface area contributed by atoms with Crippen LogP contribution in [0.25, 0.3) is 0 Å². The standard InChI is InChI=1S/C22H22F4N6O2/c1-21(2,3)34-20(33)32-18-11-17(29-16-10-13(23)6-9-15(16)27)30-19(31-18)28-14-7-4-12(5-8-14)22(24,25)26/h4-11H,27H2,1-3H3,(H3,28,29,30,31,32,33). The van der Waals surface area contributed by atoms with E-state index >= 15 is 0 Å². The summed E-state index contributed by atoms with van der Waals surface area (Å²) in [5.41, 5.74) is 4.99. The molecule has 180 valence electrons. The molecule has 0 bridgehead atoms. The molecule has 0 atom stereocenters. The molecule has 0 radical (unpaired) electrons. The third-order valence-corrected chi connectivity index (χ3v) is 4.10. The Morgan fingerprint density at radius 3 is 2.21 bits per heavy atom. The lowest BCUT2D eigenvalue weighted by Crippen LogP contribution is -2.27. The van der Waals surface area contributed by atoms with Crippen LogP contribution in [-0.4, -0.2) is 21.7 Å². The van der Waals surface area contributed by atoms with Gasteiger partial charge in [0.05, 0.1) is 16.9 Å². The Kier molecular flexibility index (Phi) is 6.80. The van der Waals surface area contributed by atoms with Crippen molar-refractivity contribution in [2.24, 2.45) is 0 Å². The number of carbonyl (C=O) groups excluding carboxylic acids is 1. The zero-order chi connectivity index (χ0) is 25.1. The Morgan fingerprint density at radius 1 is 0.941 bits per heavy atom. The highest BCUT2D eigenvalue weighted by molar-refractivity contribution is 5.85. The van der Waals surface area contributed by atoms with Crippen LogP contribution in [0.3, 0.4) is 0 Å². The number of aromatic nitrogens is 2. The van der Waals surface area contributed by atoms with Gasteiger partial charge in [-0.1, -0.05) is 0 Å². The number of alkyl halides is 3. The highest BCUT2D eigenvalue weighted by Crippen LogP contribution is 2.31. The first kappa shape index (κ1) is 24.6. The first-order chi connectivity index (χ1) is 15.8. The maximum Gasteiger partial charge on any atom is 0.416 e. The molecule has 3 rings (SSSR count). The molecule has 0 spiro atoms. The number of rotatable bonds is 5. The van der Waals surface area contributed by atoms with Crippen molar-refractivity contribution in [3.05, 3.63) is 59.9 Å². The maximum atomic E-state index is 13.6. The van der Waals surface area contributed by atoms with Gasteiger partial charge in [-0.3, -0.25) is 5.32 Å². The lowest BCUT2D eigenvalue weighted by atomic mass is 10.2. The van der Waals surface area contributed by atoms with Gasteiger partial charge in [0.1, 0.15) is 23.1 Å². The maximum absolute atomic E-state index is 13.6. The average Bonchev–Trinajstić information content (AvgIpc) is 2.69. The van der Waals surface area contributed by atoms with Gasteiger partial charge in [0.2, 0.25) is 5.95 Å². The molecule has 1 aromatic heterocycles. The number of nitrogens with zero attached hydrogens (tertiary/aromatic N) is 2. The third-order valence-electron chi connectivity index (χ3n) is 4.10. The Balaban J connectivity index is 1.91. The minimum atomic E-state index is -4.48. The van der Waals surface area contributed by atoms with E-state index in [1.165, 1.54) is 30.3 Å². The Morgan fingerprint density at radius 2 is 1.59 bits per heavy atom. The molecule has 3 aromatic rings. The molecule has 8 nitrogen and oxygen atoms in total. The van der Waals surface area contributed by atoms with Crippen LogP contribution in [0.5, 0.6) is 0 Å². The molecule has 0 aliphatic heterocycles. The summed E-state index contributed by atoms with van der Waals surface area (Å²) in [6.07, 6.45) is -5.27. The number of ether oxygens (including phenoxy) is 1. The van der Waals surface area contributed by atoms with E-state index in [1.54, 1.807) is 20.8 Å². The molecule has 5 N–H and O–H groups in total. The van der Waals surface area contributed by atoms with Crippen molar-refractivity contribution in [2.75, 3.05) is 21.7 Å². The molecule has 34 heavy (non-hydrogen) atoms. The zero-order valence-electron chi connectivity index (χ0n) is 18.4. The first-order valence-corrected chi connectivity index (χ1v) is 9.94. The molecule has 0 aliphatic rings. The van der Waals surface area contributed by atoms with E-state index in [0.717, 1.165) is 18.2 Å². The van der Waals surface area contributed by atoms with Crippen LogP contribution in [0.2, 0.25) is 0 Å². The number of nitrogens with one attached hydrogen (secondary N) is 3. The van der Waals surface area contributed by atoms with Gasteiger partial charge in [0, 0.05) is 11.8 Å². The summed E-state index contributed by atoms with van der Waals surface area (Å²) in [6, 6.07) is 9.27. The molecule has 2 aromatic carbocycles. The summed E-state index contributed by atoms with van der Waals surface area (Å²) < 4.78 is 57.3. The summed E-state index contributed by atoms with van der Waals surface area (Å²) in [6.45, 7) is 5.05. The first-order valence-electron chi connectivity index (χ1n) is 9.94. The Labute approximate surface area is 192 Å². The second-order valence-corrected chi connectivity index (χ2v) is 8.15. The van der Waals surface area contributed by atoms with Crippen LogP contribution >= 0.6 is 0 Å². The second-order valence-electron chi connectivity index (χ2n) is 8.15. The van der Waals surface area contributed by atoms with E-state index in [0.29, 0.717) is 0 Å². The van der Waals surface area contributed by atoms with Gasteiger partial charge < -0.3 is 21.1 Å². The van der Waals surface area contributed by atoms with Crippen LogP contribution in [0.15, 0.2) is 48.5 Å². The highest BCUT2D eigenvalue weighted by atomic mass is 19.4. The van der Waals surface area contributed by atoms with Crippen molar-refractivity contribution in [2.45, 2.75) is 32.5 Å². The molecule has 0 aliphatic carbocycles. The number of carbonyl (C=O) groups is 1. The minimum absolute atomic E-state index is 0.0103. The number of nitrogens with two attached hydrogens (primary N) is 1. The fraction of sp³-hybridized carbons (Fsp3) is 0.227. The molecule has 12 heteroatoms. The van der Waals surface area contributed by atoms with Gasteiger partial charge in [-0.25, -0.2) is 9.18 Å². The average molecular weight is 478 g/mol. The minimum Gasteiger partial charge on any atom is -0.444 e. The quantitative estimate of drug-likeness (QED) is 0.261. The third kappa shape index (κ3) is 6.95. The number of benzene rings is 2. The summed E-state index contributed by atoms with van der Waals surface area (Å²) in [5, 5.41) is 8.06. The summed E-state index contributed by atoms with van der Waals surface area (Å²) in [7, 11) is 0. The van der Waals surface area contributed by atoms with Crippen molar-refractivity contribution >= 4 is 40.7 Å². The van der Waals surface area contributed by atoms with Crippen LogP contribution < -0.4 is 21.7 Å². The number of amides is 1. The molecule has 0 unspecified atom stereocenters. The van der Waals surface area contributed by atoms with Gasteiger partial charge in [0.25, 0.3) is 0 Å². The lowest BCUT2D eigenvalue weighted by Gasteiger charge is -2.20. The monoisotopic (exact) mass is 478 g/mol. The van der Waals surface area contributed by atoms with Crippen LogP contribution in [-0.2, 0) is 10.9 Å². The molecule has 1 heterocycles. The normalized spacial score (nSPS) is 11.6. The summed E-state index contributed by atoms with van der Waals surface area (Å²) >= 11 is 0. The van der Waals surface area contributed by atoms with Crippen molar-refractivity contribution in [1.82, 2.24) is 9.97 Å². The van der Waals surface area contributed by atoms with E-state index in [1.807, 2.05) is 0 Å². The number of hydrogen-bond acceptors (Lipinski definition) is 7. The van der Waals surface area contributed by atoms with Crippen molar-refractivity contribution in [3.8, 4) is 0 Å². The summed E-state index contributed by atoms with van der Waals surface area (Å²) in [5.74, 6) is -0.476. The molecular formula is C22H22F4N6O2. The van der Waals surface area contributed by atoms with Gasteiger partial charge in [0.15, 0.2) is 0 Å². The molecule has 0 fully saturated rings. The van der Waals surface area contributed by atoms with Gasteiger partial charge >= 0.3 is 12.3 Å². The Bertz CT molecular complexity index is 1180. The van der Waals surface area contributed by atoms with Gasteiger partial charge in [-0.05, 0) is 63.2 Å². The number of anilines is 6.